The molecule has 3 rings (SSSR count). The molecule has 0 bridgehead atoms. The fourth-order valence-electron chi connectivity index (χ4n) is 2.80. The SMILES string of the molecule is C=CCOc1cc2c(cc1[C@@H](C)c1ccc(OCCC)cc1)OCO2. The first-order valence-corrected chi connectivity index (χ1v) is 8.63. The molecule has 0 radical (unpaired) electrons. The first kappa shape index (κ1) is 17.2. The maximum Gasteiger partial charge on any atom is 0.231 e. The molecule has 0 fully saturated rings. The first-order valence-electron chi connectivity index (χ1n) is 8.63. The van der Waals surface area contributed by atoms with Crippen molar-refractivity contribution >= 4 is 0 Å². The lowest BCUT2D eigenvalue weighted by Gasteiger charge is -2.18. The zero-order valence-electron chi connectivity index (χ0n) is 14.8. The Bertz CT molecular complexity index is 721. The number of fused-ring (bicyclic) bond motifs is 1. The summed E-state index contributed by atoms with van der Waals surface area (Å²) in [7, 11) is 0. The average Bonchev–Trinajstić information content (AvgIpc) is 3.11. The zero-order valence-corrected chi connectivity index (χ0v) is 14.8. The van der Waals surface area contributed by atoms with Crippen molar-refractivity contribution in [3.05, 3.63) is 60.2 Å². The van der Waals surface area contributed by atoms with E-state index in [9.17, 15) is 0 Å². The molecule has 0 aromatic heterocycles. The monoisotopic (exact) mass is 340 g/mol. The van der Waals surface area contributed by atoms with Crippen LogP contribution in [0.1, 0.15) is 37.3 Å². The van der Waals surface area contributed by atoms with E-state index in [4.69, 9.17) is 18.9 Å². The molecule has 2 aromatic rings. The van der Waals surface area contributed by atoms with Crippen molar-refractivity contribution in [3.63, 3.8) is 0 Å². The minimum atomic E-state index is 0.148. The Labute approximate surface area is 149 Å². The largest absolute Gasteiger partial charge is 0.494 e. The Hall–Kier alpha value is -2.62. The fourth-order valence-corrected chi connectivity index (χ4v) is 2.80. The van der Waals surface area contributed by atoms with Gasteiger partial charge in [-0.2, -0.15) is 0 Å². The summed E-state index contributed by atoms with van der Waals surface area (Å²) in [6.45, 7) is 9.40. The van der Waals surface area contributed by atoms with E-state index >= 15 is 0 Å². The second kappa shape index (κ2) is 7.97. The van der Waals surface area contributed by atoms with Crippen molar-refractivity contribution < 1.29 is 18.9 Å². The van der Waals surface area contributed by atoms with Crippen LogP contribution in [0.25, 0.3) is 0 Å². The van der Waals surface area contributed by atoms with Gasteiger partial charge in [0.1, 0.15) is 18.1 Å². The second-order valence-corrected chi connectivity index (χ2v) is 5.98. The molecule has 0 unspecified atom stereocenters. The van der Waals surface area contributed by atoms with Gasteiger partial charge in [0.25, 0.3) is 0 Å². The van der Waals surface area contributed by atoms with Crippen LogP contribution < -0.4 is 18.9 Å². The van der Waals surface area contributed by atoms with E-state index in [-0.39, 0.29) is 12.7 Å². The van der Waals surface area contributed by atoms with Crippen molar-refractivity contribution in [3.8, 4) is 23.0 Å². The van der Waals surface area contributed by atoms with Gasteiger partial charge in [0.2, 0.25) is 6.79 Å². The van der Waals surface area contributed by atoms with Crippen LogP contribution >= 0.6 is 0 Å². The molecule has 1 aliphatic rings. The Morgan fingerprint density at radius 1 is 1.12 bits per heavy atom. The van der Waals surface area contributed by atoms with Crippen LogP contribution in [0.15, 0.2) is 49.1 Å². The highest BCUT2D eigenvalue weighted by molar-refractivity contribution is 5.54. The van der Waals surface area contributed by atoms with Gasteiger partial charge in [0.05, 0.1) is 6.61 Å². The lowest BCUT2D eigenvalue weighted by Crippen LogP contribution is -2.03. The fraction of sp³-hybridized carbons (Fsp3) is 0.333. The highest BCUT2D eigenvalue weighted by Gasteiger charge is 2.22. The second-order valence-electron chi connectivity index (χ2n) is 5.98. The molecule has 1 heterocycles. The van der Waals surface area contributed by atoms with Crippen LogP contribution in [0, 0.1) is 0 Å². The summed E-state index contributed by atoms with van der Waals surface area (Å²) < 4.78 is 22.5. The molecule has 1 aliphatic heterocycles. The molecule has 132 valence electrons. The lowest BCUT2D eigenvalue weighted by molar-refractivity contribution is 0.174. The summed E-state index contributed by atoms with van der Waals surface area (Å²) in [4.78, 5) is 0. The van der Waals surface area contributed by atoms with Gasteiger partial charge in [0, 0.05) is 17.5 Å². The summed E-state index contributed by atoms with van der Waals surface area (Å²) in [6, 6.07) is 12.1. The first-order chi connectivity index (χ1) is 12.2. The van der Waals surface area contributed by atoms with Gasteiger partial charge in [0.15, 0.2) is 11.5 Å². The summed E-state index contributed by atoms with van der Waals surface area (Å²) in [5.41, 5.74) is 2.25. The van der Waals surface area contributed by atoms with Crippen LogP contribution in [0.2, 0.25) is 0 Å². The normalized spacial score (nSPS) is 13.4. The molecule has 4 heteroatoms. The standard InChI is InChI=1S/C21H24O4/c1-4-10-22-17-8-6-16(7-9-17)15(3)18-12-20-21(25-14-24-20)13-19(18)23-11-5-2/h5-9,12-13,15H,2,4,10-11,14H2,1,3H3/t15-/m0/s1. The molecule has 0 aliphatic carbocycles. The van der Waals surface area contributed by atoms with E-state index in [1.54, 1.807) is 6.08 Å². The molecular formula is C21H24O4. The van der Waals surface area contributed by atoms with Gasteiger partial charge in [-0.15, -0.1) is 0 Å². The van der Waals surface area contributed by atoms with E-state index < -0.39 is 0 Å². The number of hydrogen-bond donors (Lipinski definition) is 0. The number of ether oxygens (including phenoxy) is 4. The van der Waals surface area contributed by atoms with E-state index in [2.05, 4.69) is 32.6 Å². The maximum absolute atomic E-state index is 5.85. The molecule has 0 amide bonds. The van der Waals surface area contributed by atoms with Crippen molar-refractivity contribution in [2.45, 2.75) is 26.2 Å². The average molecular weight is 340 g/mol. The minimum Gasteiger partial charge on any atom is -0.494 e. The highest BCUT2D eigenvalue weighted by Crippen LogP contribution is 2.42. The molecule has 4 nitrogen and oxygen atoms in total. The van der Waals surface area contributed by atoms with Gasteiger partial charge < -0.3 is 18.9 Å². The molecule has 1 atom stereocenters. The third-order valence-electron chi connectivity index (χ3n) is 4.18. The van der Waals surface area contributed by atoms with Crippen LogP contribution in [-0.4, -0.2) is 20.0 Å². The van der Waals surface area contributed by atoms with Gasteiger partial charge in [-0.25, -0.2) is 0 Å². The minimum absolute atomic E-state index is 0.148. The third kappa shape index (κ3) is 3.90. The lowest BCUT2D eigenvalue weighted by atomic mass is 9.92. The molecule has 0 spiro atoms. The van der Waals surface area contributed by atoms with Crippen molar-refractivity contribution in [1.29, 1.82) is 0 Å². The summed E-state index contributed by atoms with van der Waals surface area (Å²) >= 11 is 0. The summed E-state index contributed by atoms with van der Waals surface area (Å²) in [6.07, 6.45) is 2.73. The molecule has 0 saturated heterocycles. The Kier molecular flexibility index (Phi) is 5.49. The summed E-state index contributed by atoms with van der Waals surface area (Å²) in [5.74, 6) is 3.32. The van der Waals surface area contributed by atoms with E-state index in [0.717, 1.165) is 41.6 Å². The Morgan fingerprint density at radius 2 is 1.84 bits per heavy atom. The van der Waals surface area contributed by atoms with Crippen LogP contribution in [-0.2, 0) is 0 Å². The van der Waals surface area contributed by atoms with Crippen molar-refractivity contribution in [1.82, 2.24) is 0 Å². The van der Waals surface area contributed by atoms with Crippen LogP contribution in [0.5, 0.6) is 23.0 Å². The predicted molar refractivity (Wildman–Crippen MR) is 98.0 cm³/mol. The maximum atomic E-state index is 5.85. The summed E-state index contributed by atoms with van der Waals surface area (Å²) in [5, 5.41) is 0. The number of rotatable bonds is 8. The molecule has 2 aromatic carbocycles. The van der Waals surface area contributed by atoms with E-state index in [0.29, 0.717) is 6.61 Å². The smallest absolute Gasteiger partial charge is 0.231 e. The van der Waals surface area contributed by atoms with Gasteiger partial charge >= 0.3 is 0 Å². The predicted octanol–water partition coefficient (Wildman–Crippen LogP) is 4.92. The van der Waals surface area contributed by atoms with Gasteiger partial charge in [-0.1, -0.05) is 38.6 Å². The van der Waals surface area contributed by atoms with Gasteiger partial charge in [-0.3, -0.25) is 0 Å². The Balaban J connectivity index is 1.87. The van der Waals surface area contributed by atoms with Gasteiger partial charge in [-0.05, 0) is 30.2 Å². The quantitative estimate of drug-likeness (QED) is 0.639. The van der Waals surface area contributed by atoms with Crippen molar-refractivity contribution in [2.75, 3.05) is 20.0 Å². The van der Waals surface area contributed by atoms with Crippen molar-refractivity contribution in [2.24, 2.45) is 0 Å². The molecular weight excluding hydrogens is 316 g/mol. The van der Waals surface area contributed by atoms with E-state index in [1.807, 2.05) is 24.3 Å². The molecule has 25 heavy (non-hydrogen) atoms. The van der Waals surface area contributed by atoms with E-state index in [1.165, 1.54) is 5.56 Å². The number of hydrogen-bond acceptors (Lipinski definition) is 4. The highest BCUT2D eigenvalue weighted by atomic mass is 16.7. The third-order valence-corrected chi connectivity index (χ3v) is 4.18. The topological polar surface area (TPSA) is 36.9 Å². The Morgan fingerprint density at radius 3 is 2.52 bits per heavy atom. The van der Waals surface area contributed by atoms with Crippen LogP contribution in [0.3, 0.4) is 0 Å². The zero-order chi connectivity index (χ0) is 17.6. The number of benzene rings is 2. The van der Waals surface area contributed by atoms with Crippen LogP contribution in [0.4, 0.5) is 0 Å². The molecule has 0 saturated carbocycles. The molecule has 0 N–H and O–H groups in total.